The van der Waals surface area contributed by atoms with Crippen LogP contribution in [0.2, 0.25) is 0 Å². The van der Waals surface area contributed by atoms with Crippen LogP contribution in [-0.2, 0) is 5.75 Å². The van der Waals surface area contributed by atoms with E-state index >= 15 is 0 Å². The Morgan fingerprint density at radius 2 is 2.06 bits per heavy atom. The number of benzene rings is 1. The molecule has 0 aliphatic rings. The fraction of sp³-hybridized carbons (Fsp3) is 0.250. The van der Waals surface area contributed by atoms with Gasteiger partial charge in [0.1, 0.15) is 0 Å². The Morgan fingerprint density at radius 1 is 1.25 bits per heavy atom. The molecule has 84 valence electrons. The van der Waals surface area contributed by atoms with Gasteiger partial charge in [0.15, 0.2) is 0 Å². The number of para-hydroxylation sites is 1. The molecular formula is C12H14N2OS. The standard InChI is InChI=1S/C12H14N2OS/c15-6-7-16-10-11-8-13-14(9-11)12-4-2-1-3-5-12/h1-5,8-9,15H,6-7,10H2. The van der Waals surface area contributed by atoms with Gasteiger partial charge in [-0.05, 0) is 12.1 Å². The van der Waals surface area contributed by atoms with Crippen LogP contribution in [0.15, 0.2) is 42.7 Å². The van der Waals surface area contributed by atoms with Gasteiger partial charge in [0, 0.05) is 23.3 Å². The number of thioether (sulfide) groups is 1. The van der Waals surface area contributed by atoms with Crippen molar-refractivity contribution in [1.82, 2.24) is 9.78 Å². The highest BCUT2D eigenvalue weighted by molar-refractivity contribution is 7.98. The van der Waals surface area contributed by atoms with Gasteiger partial charge in [-0.1, -0.05) is 18.2 Å². The number of aromatic nitrogens is 2. The Bertz CT molecular complexity index is 428. The molecule has 1 aromatic heterocycles. The second-order valence-electron chi connectivity index (χ2n) is 3.40. The molecule has 1 N–H and O–H groups in total. The molecule has 16 heavy (non-hydrogen) atoms. The summed E-state index contributed by atoms with van der Waals surface area (Å²) >= 11 is 1.71. The highest BCUT2D eigenvalue weighted by Gasteiger charge is 2.00. The zero-order chi connectivity index (χ0) is 11.2. The first-order valence-corrected chi connectivity index (χ1v) is 6.33. The van der Waals surface area contributed by atoms with E-state index in [1.54, 1.807) is 11.8 Å². The minimum absolute atomic E-state index is 0.234. The maximum Gasteiger partial charge on any atom is 0.0645 e. The molecule has 0 unspecified atom stereocenters. The first-order valence-electron chi connectivity index (χ1n) is 5.18. The largest absolute Gasteiger partial charge is 0.396 e. The fourth-order valence-electron chi connectivity index (χ4n) is 1.41. The van der Waals surface area contributed by atoms with Gasteiger partial charge in [-0.25, -0.2) is 4.68 Å². The molecule has 0 atom stereocenters. The quantitative estimate of drug-likeness (QED) is 0.805. The second-order valence-corrected chi connectivity index (χ2v) is 4.51. The lowest BCUT2D eigenvalue weighted by Crippen LogP contribution is -1.92. The third kappa shape index (κ3) is 2.87. The first kappa shape index (κ1) is 11.2. The van der Waals surface area contributed by atoms with Crippen molar-refractivity contribution in [3.05, 3.63) is 48.3 Å². The highest BCUT2D eigenvalue weighted by atomic mass is 32.2. The summed E-state index contributed by atoms with van der Waals surface area (Å²) in [5.41, 5.74) is 2.25. The Balaban J connectivity index is 2.02. The van der Waals surface area contributed by atoms with Crippen molar-refractivity contribution in [2.24, 2.45) is 0 Å². The van der Waals surface area contributed by atoms with Gasteiger partial charge in [0.05, 0.1) is 18.5 Å². The smallest absolute Gasteiger partial charge is 0.0645 e. The maximum atomic E-state index is 8.69. The Kier molecular flexibility index (Phi) is 4.02. The molecule has 0 aliphatic heterocycles. The van der Waals surface area contributed by atoms with E-state index in [1.165, 1.54) is 5.56 Å². The van der Waals surface area contributed by atoms with Crippen LogP contribution in [0.25, 0.3) is 5.69 Å². The van der Waals surface area contributed by atoms with Crippen molar-refractivity contribution in [1.29, 1.82) is 0 Å². The van der Waals surface area contributed by atoms with Gasteiger partial charge in [0.2, 0.25) is 0 Å². The van der Waals surface area contributed by atoms with Crippen LogP contribution in [0, 0.1) is 0 Å². The van der Waals surface area contributed by atoms with Crippen molar-refractivity contribution in [2.45, 2.75) is 5.75 Å². The maximum absolute atomic E-state index is 8.69. The van der Waals surface area contributed by atoms with Crippen molar-refractivity contribution < 1.29 is 5.11 Å². The lowest BCUT2D eigenvalue weighted by Gasteiger charge is -1.99. The molecule has 0 bridgehead atoms. The summed E-state index contributed by atoms with van der Waals surface area (Å²) in [5, 5.41) is 13.0. The monoisotopic (exact) mass is 234 g/mol. The second kappa shape index (κ2) is 5.72. The molecule has 3 nitrogen and oxygen atoms in total. The molecule has 0 saturated carbocycles. The van der Waals surface area contributed by atoms with Crippen molar-refractivity contribution in [3.8, 4) is 5.69 Å². The average molecular weight is 234 g/mol. The van der Waals surface area contributed by atoms with Crippen LogP contribution in [-0.4, -0.2) is 27.2 Å². The topological polar surface area (TPSA) is 38.1 Å². The van der Waals surface area contributed by atoms with E-state index in [2.05, 4.69) is 5.10 Å². The highest BCUT2D eigenvalue weighted by Crippen LogP contribution is 2.13. The van der Waals surface area contributed by atoms with Crippen LogP contribution in [0.4, 0.5) is 0 Å². The molecule has 0 fully saturated rings. The van der Waals surface area contributed by atoms with Crippen LogP contribution in [0.3, 0.4) is 0 Å². The van der Waals surface area contributed by atoms with Crippen LogP contribution in [0.1, 0.15) is 5.56 Å². The Hall–Kier alpha value is -1.26. The van der Waals surface area contributed by atoms with E-state index in [-0.39, 0.29) is 6.61 Å². The van der Waals surface area contributed by atoms with Crippen LogP contribution < -0.4 is 0 Å². The molecule has 0 spiro atoms. The molecular weight excluding hydrogens is 220 g/mol. The molecule has 0 saturated heterocycles. The summed E-state index contributed by atoms with van der Waals surface area (Å²) in [6.45, 7) is 0.234. The third-order valence-corrected chi connectivity index (χ3v) is 3.17. The molecule has 2 rings (SSSR count). The lowest BCUT2D eigenvalue weighted by molar-refractivity contribution is 0.322. The summed E-state index contributed by atoms with van der Waals surface area (Å²) in [7, 11) is 0. The first-order chi connectivity index (χ1) is 7.90. The molecule has 0 radical (unpaired) electrons. The van der Waals surface area contributed by atoms with Crippen molar-refractivity contribution in [2.75, 3.05) is 12.4 Å². The number of nitrogens with zero attached hydrogens (tertiary/aromatic N) is 2. The van der Waals surface area contributed by atoms with Crippen LogP contribution in [0.5, 0.6) is 0 Å². The van der Waals surface area contributed by atoms with E-state index in [0.717, 1.165) is 17.2 Å². The van der Waals surface area contributed by atoms with Crippen LogP contribution >= 0.6 is 11.8 Å². The number of rotatable bonds is 5. The Labute approximate surface area is 99.1 Å². The van der Waals surface area contributed by atoms with E-state index in [9.17, 15) is 0 Å². The zero-order valence-corrected chi connectivity index (χ0v) is 9.73. The van der Waals surface area contributed by atoms with Gasteiger partial charge < -0.3 is 5.11 Å². The van der Waals surface area contributed by atoms with Gasteiger partial charge in [-0.3, -0.25) is 0 Å². The third-order valence-electron chi connectivity index (χ3n) is 2.16. The summed E-state index contributed by atoms with van der Waals surface area (Å²) < 4.78 is 1.87. The van der Waals surface area contributed by atoms with E-state index in [1.807, 2.05) is 47.4 Å². The molecule has 0 aliphatic carbocycles. The number of aliphatic hydroxyl groups is 1. The summed E-state index contributed by atoms with van der Waals surface area (Å²) in [4.78, 5) is 0. The zero-order valence-electron chi connectivity index (χ0n) is 8.91. The van der Waals surface area contributed by atoms with Crippen molar-refractivity contribution >= 4 is 11.8 Å². The fourth-order valence-corrected chi connectivity index (χ4v) is 2.07. The minimum atomic E-state index is 0.234. The predicted molar refractivity (Wildman–Crippen MR) is 66.8 cm³/mol. The van der Waals surface area contributed by atoms with E-state index < -0.39 is 0 Å². The normalized spacial score (nSPS) is 10.6. The summed E-state index contributed by atoms with van der Waals surface area (Å²) in [5.74, 6) is 1.67. The van der Waals surface area contributed by atoms with Gasteiger partial charge >= 0.3 is 0 Å². The average Bonchev–Trinajstić information content (AvgIpc) is 2.79. The molecule has 0 amide bonds. The van der Waals surface area contributed by atoms with E-state index in [0.29, 0.717) is 0 Å². The van der Waals surface area contributed by atoms with Crippen molar-refractivity contribution in [3.63, 3.8) is 0 Å². The Morgan fingerprint density at radius 3 is 2.81 bits per heavy atom. The lowest BCUT2D eigenvalue weighted by atomic mass is 10.3. The van der Waals surface area contributed by atoms with Gasteiger partial charge in [0.25, 0.3) is 0 Å². The SMILES string of the molecule is OCCSCc1cnn(-c2ccccc2)c1. The number of hydrogen-bond donors (Lipinski definition) is 1. The summed E-state index contributed by atoms with van der Waals surface area (Å²) in [6.07, 6.45) is 3.90. The van der Waals surface area contributed by atoms with Gasteiger partial charge in [-0.2, -0.15) is 16.9 Å². The molecule has 2 aromatic rings. The molecule has 1 heterocycles. The van der Waals surface area contributed by atoms with E-state index in [4.69, 9.17) is 5.11 Å². The molecule has 1 aromatic carbocycles. The minimum Gasteiger partial charge on any atom is -0.396 e. The van der Waals surface area contributed by atoms with Gasteiger partial charge in [-0.15, -0.1) is 0 Å². The summed E-state index contributed by atoms with van der Waals surface area (Å²) in [6, 6.07) is 10.0. The number of hydrogen-bond acceptors (Lipinski definition) is 3. The predicted octanol–water partition coefficient (Wildman–Crippen LogP) is 2.10. The number of aliphatic hydroxyl groups excluding tert-OH is 1. The molecule has 4 heteroatoms.